The number of hydrogen-bond donors (Lipinski definition) is 1. The molecule has 0 atom stereocenters. The molecule has 1 aromatic heterocycles. The lowest BCUT2D eigenvalue weighted by Gasteiger charge is -2.21. The summed E-state index contributed by atoms with van der Waals surface area (Å²) in [5.41, 5.74) is 8.10. The van der Waals surface area contributed by atoms with Crippen LogP contribution in [0.3, 0.4) is 0 Å². The predicted molar refractivity (Wildman–Crippen MR) is 80.0 cm³/mol. The molecule has 0 saturated heterocycles. The van der Waals surface area contributed by atoms with E-state index >= 15 is 0 Å². The SMILES string of the molecule is NCCN(Cc1cccnc1)Cc1ccc2c(c1)OCO2. The highest BCUT2D eigenvalue weighted by Gasteiger charge is 2.14. The summed E-state index contributed by atoms with van der Waals surface area (Å²) < 4.78 is 10.8. The number of benzene rings is 1. The third-order valence-corrected chi connectivity index (χ3v) is 3.42. The molecule has 0 amide bonds. The molecule has 0 unspecified atom stereocenters. The Hall–Kier alpha value is -2.11. The molecule has 0 aliphatic carbocycles. The van der Waals surface area contributed by atoms with Gasteiger partial charge in [0, 0.05) is 38.6 Å². The molecule has 1 aromatic carbocycles. The fourth-order valence-corrected chi connectivity index (χ4v) is 2.44. The van der Waals surface area contributed by atoms with Gasteiger partial charge in [-0.25, -0.2) is 0 Å². The third-order valence-electron chi connectivity index (χ3n) is 3.42. The largest absolute Gasteiger partial charge is 0.454 e. The second-order valence-electron chi connectivity index (χ2n) is 5.05. The molecule has 5 nitrogen and oxygen atoms in total. The first kappa shape index (κ1) is 13.9. The monoisotopic (exact) mass is 285 g/mol. The summed E-state index contributed by atoms with van der Waals surface area (Å²) in [7, 11) is 0. The molecule has 5 heteroatoms. The maximum absolute atomic E-state index is 5.72. The second kappa shape index (κ2) is 6.56. The van der Waals surface area contributed by atoms with Crippen LogP contribution in [-0.4, -0.2) is 29.8 Å². The van der Waals surface area contributed by atoms with Crippen molar-refractivity contribution in [2.24, 2.45) is 5.73 Å². The highest BCUT2D eigenvalue weighted by molar-refractivity contribution is 5.44. The summed E-state index contributed by atoms with van der Waals surface area (Å²) in [6.45, 7) is 3.43. The lowest BCUT2D eigenvalue weighted by Crippen LogP contribution is -2.28. The summed E-state index contributed by atoms with van der Waals surface area (Å²) >= 11 is 0. The van der Waals surface area contributed by atoms with Crippen molar-refractivity contribution >= 4 is 0 Å². The molecule has 2 N–H and O–H groups in total. The number of fused-ring (bicyclic) bond motifs is 1. The number of pyridine rings is 1. The summed E-state index contributed by atoms with van der Waals surface area (Å²) in [6, 6.07) is 10.1. The van der Waals surface area contributed by atoms with E-state index in [-0.39, 0.29) is 0 Å². The van der Waals surface area contributed by atoms with Crippen molar-refractivity contribution in [3.63, 3.8) is 0 Å². The molecular weight excluding hydrogens is 266 g/mol. The Bertz CT molecular complexity index is 589. The molecule has 1 aliphatic rings. The van der Waals surface area contributed by atoms with Gasteiger partial charge in [-0.3, -0.25) is 9.88 Å². The number of rotatable bonds is 6. The molecule has 0 spiro atoms. The van der Waals surface area contributed by atoms with E-state index in [9.17, 15) is 0 Å². The van der Waals surface area contributed by atoms with E-state index in [1.807, 2.05) is 24.4 Å². The van der Waals surface area contributed by atoms with Gasteiger partial charge in [0.05, 0.1) is 0 Å². The lowest BCUT2D eigenvalue weighted by atomic mass is 10.1. The number of hydrogen-bond acceptors (Lipinski definition) is 5. The van der Waals surface area contributed by atoms with Gasteiger partial charge < -0.3 is 15.2 Å². The highest BCUT2D eigenvalue weighted by atomic mass is 16.7. The van der Waals surface area contributed by atoms with Crippen molar-refractivity contribution in [2.75, 3.05) is 19.9 Å². The Kier molecular flexibility index (Phi) is 4.33. The minimum Gasteiger partial charge on any atom is -0.454 e. The molecule has 21 heavy (non-hydrogen) atoms. The van der Waals surface area contributed by atoms with E-state index in [1.54, 1.807) is 6.20 Å². The van der Waals surface area contributed by atoms with Gasteiger partial charge in [0.2, 0.25) is 6.79 Å². The van der Waals surface area contributed by atoms with Crippen LogP contribution in [-0.2, 0) is 13.1 Å². The van der Waals surface area contributed by atoms with E-state index < -0.39 is 0 Å². The van der Waals surface area contributed by atoms with E-state index in [1.165, 1.54) is 11.1 Å². The van der Waals surface area contributed by atoms with Crippen molar-refractivity contribution in [2.45, 2.75) is 13.1 Å². The molecule has 0 radical (unpaired) electrons. The molecule has 110 valence electrons. The Labute approximate surface area is 124 Å². The zero-order valence-corrected chi connectivity index (χ0v) is 11.9. The molecule has 2 heterocycles. The second-order valence-corrected chi connectivity index (χ2v) is 5.05. The van der Waals surface area contributed by atoms with Gasteiger partial charge in [-0.15, -0.1) is 0 Å². The minimum absolute atomic E-state index is 0.307. The van der Waals surface area contributed by atoms with Crippen molar-refractivity contribution in [3.8, 4) is 11.5 Å². The summed E-state index contributed by atoms with van der Waals surface area (Å²) in [5, 5.41) is 0. The Morgan fingerprint density at radius 3 is 2.76 bits per heavy atom. The molecule has 3 rings (SSSR count). The molecule has 2 aromatic rings. The standard InChI is InChI=1S/C16H19N3O2/c17-5-7-19(11-14-2-1-6-18-9-14)10-13-3-4-15-16(8-13)21-12-20-15/h1-4,6,8-9H,5,7,10-12,17H2. The van der Waals surface area contributed by atoms with Gasteiger partial charge in [-0.1, -0.05) is 12.1 Å². The van der Waals surface area contributed by atoms with E-state index in [4.69, 9.17) is 15.2 Å². The van der Waals surface area contributed by atoms with Crippen LogP contribution in [0.5, 0.6) is 11.5 Å². The molecule has 1 aliphatic heterocycles. The van der Waals surface area contributed by atoms with Crippen molar-refractivity contribution in [3.05, 3.63) is 53.9 Å². The van der Waals surface area contributed by atoms with Crippen LogP contribution in [0.1, 0.15) is 11.1 Å². The summed E-state index contributed by atoms with van der Waals surface area (Å²) in [5.74, 6) is 1.64. The van der Waals surface area contributed by atoms with Gasteiger partial charge in [0.1, 0.15) is 0 Å². The molecule has 0 fully saturated rings. The zero-order valence-electron chi connectivity index (χ0n) is 11.9. The van der Waals surface area contributed by atoms with Crippen molar-refractivity contribution in [1.82, 2.24) is 9.88 Å². The smallest absolute Gasteiger partial charge is 0.231 e. The van der Waals surface area contributed by atoms with Gasteiger partial charge in [-0.2, -0.15) is 0 Å². The quantitative estimate of drug-likeness (QED) is 0.876. The number of nitrogens with two attached hydrogens (primary N) is 1. The van der Waals surface area contributed by atoms with Crippen LogP contribution in [0.4, 0.5) is 0 Å². The Balaban J connectivity index is 1.70. The topological polar surface area (TPSA) is 60.6 Å². The van der Waals surface area contributed by atoms with Crippen LogP contribution in [0, 0.1) is 0 Å². The third kappa shape index (κ3) is 3.51. The van der Waals surface area contributed by atoms with Crippen molar-refractivity contribution < 1.29 is 9.47 Å². The number of ether oxygens (including phenoxy) is 2. The van der Waals surface area contributed by atoms with E-state index in [0.29, 0.717) is 13.3 Å². The summed E-state index contributed by atoms with van der Waals surface area (Å²) in [6.07, 6.45) is 3.68. The van der Waals surface area contributed by atoms with Crippen molar-refractivity contribution in [1.29, 1.82) is 0 Å². The van der Waals surface area contributed by atoms with Gasteiger partial charge in [0.15, 0.2) is 11.5 Å². The average molecular weight is 285 g/mol. The fourth-order valence-electron chi connectivity index (χ4n) is 2.44. The van der Waals surface area contributed by atoms with Crippen LogP contribution in [0.2, 0.25) is 0 Å². The fraction of sp³-hybridized carbons (Fsp3) is 0.312. The first-order valence-electron chi connectivity index (χ1n) is 7.05. The Morgan fingerprint density at radius 1 is 1.10 bits per heavy atom. The van der Waals surface area contributed by atoms with Gasteiger partial charge in [-0.05, 0) is 29.3 Å². The lowest BCUT2D eigenvalue weighted by molar-refractivity contribution is 0.174. The summed E-state index contributed by atoms with van der Waals surface area (Å²) in [4.78, 5) is 6.46. The molecular formula is C16H19N3O2. The van der Waals surface area contributed by atoms with Gasteiger partial charge in [0.25, 0.3) is 0 Å². The van der Waals surface area contributed by atoms with Gasteiger partial charge >= 0.3 is 0 Å². The van der Waals surface area contributed by atoms with Crippen LogP contribution in [0.25, 0.3) is 0 Å². The first-order valence-corrected chi connectivity index (χ1v) is 7.05. The zero-order chi connectivity index (χ0) is 14.5. The maximum Gasteiger partial charge on any atom is 0.231 e. The van der Waals surface area contributed by atoms with Crippen LogP contribution < -0.4 is 15.2 Å². The Morgan fingerprint density at radius 2 is 1.95 bits per heavy atom. The highest BCUT2D eigenvalue weighted by Crippen LogP contribution is 2.32. The van der Waals surface area contributed by atoms with Crippen LogP contribution in [0.15, 0.2) is 42.7 Å². The minimum atomic E-state index is 0.307. The maximum atomic E-state index is 5.72. The molecule has 0 bridgehead atoms. The normalized spacial score (nSPS) is 12.9. The first-order chi connectivity index (χ1) is 10.3. The number of aromatic nitrogens is 1. The average Bonchev–Trinajstić information content (AvgIpc) is 2.96. The number of nitrogens with zero attached hydrogens (tertiary/aromatic N) is 2. The predicted octanol–water partition coefficient (Wildman–Crippen LogP) is 1.77. The van der Waals surface area contributed by atoms with E-state index in [2.05, 4.69) is 22.0 Å². The van der Waals surface area contributed by atoms with Crippen LogP contribution >= 0.6 is 0 Å². The van der Waals surface area contributed by atoms with E-state index in [0.717, 1.165) is 31.1 Å². The molecule has 0 saturated carbocycles.